The molecular weight excluding hydrogens is 382 g/mol. The molecule has 6 nitrogen and oxygen atoms in total. The van der Waals surface area contributed by atoms with Gasteiger partial charge in [-0.1, -0.05) is 19.9 Å². The maximum Gasteiger partial charge on any atom is 0.193 e. The van der Waals surface area contributed by atoms with Gasteiger partial charge in [0, 0.05) is 22.1 Å². The van der Waals surface area contributed by atoms with Crippen molar-refractivity contribution in [1.82, 2.24) is 0 Å². The minimum absolute atomic E-state index is 0.0493. The van der Waals surface area contributed by atoms with Gasteiger partial charge in [0.2, 0.25) is 0 Å². The Morgan fingerprint density at radius 1 is 1.23 bits per heavy atom. The van der Waals surface area contributed by atoms with Gasteiger partial charge < -0.3 is 19.7 Å². The summed E-state index contributed by atoms with van der Waals surface area (Å²) in [6.45, 7) is 3.59. The fraction of sp³-hybridized carbons (Fsp3) is 0.333. The predicted molar refractivity (Wildman–Crippen MR) is 111 cm³/mol. The second-order valence-corrected chi connectivity index (χ2v) is 8.12. The van der Waals surface area contributed by atoms with Gasteiger partial charge in [0.05, 0.1) is 19.3 Å². The highest BCUT2D eigenvalue weighted by Crippen LogP contribution is 2.52. The molecule has 2 aliphatic rings. The van der Waals surface area contributed by atoms with Gasteiger partial charge in [0.25, 0.3) is 0 Å². The lowest BCUT2D eigenvalue weighted by atomic mass is 9.68. The first-order valence-electron chi connectivity index (χ1n) is 9.78. The number of methoxy groups -OCH3 is 1. The maximum atomic E-state index is 13.4. The molecule has 0 saturated carbocycles. The number of hydrogen-bond donors (Lipinski definition) is 2. The van der Waals surface area contributed by atoms with Crippen LogP contribution < -0.4 is 9.47 Å². The Hall–Kier alpha value is -3.14. The normalized spacial score (nSPS) is 17.0. The fourth-order valence-electron chi connectivity index (χ4n) is 4.41. The van der Waals surface area contributed by atoms with E-state index in [1.165, 1.54) is 0 Å². The van der Waals surface area contributed by atoms with Crippen LogP contribution in [0.25, 0.3) is 5.57 Å². The monoisotopic (exact) mass is 405 g/mol. The second kappa shape index (κ2) is 7.28. The van der Waals surface area contributed by atoms with Crippen LogP contribution in [-0.4, -0.2) is 42.4 Å². The molecule has 0 unspecified atom stereocenters. The first kappa shape index (κ1) is 20.1. The lowest BCUT2D eigenvalue weighted by Crippen LogP contribution is -2.29. The van der Waals surface area contributed by atoms with Crippen molar-refractivity contribution >= 4 is 11.4 Å². The Morgan fingerprint density at radius 3 is 2.63 bits per heavy atom. The molecule has 0 aliphatic heterocycles. The number of ether oxygens (including phenoxy) is 2. The molecule has 154 valence electrons. The molecule has 2 aromatic rings. The van der Waals surface area contributed by atoms with Gasteiger partial charge in [-0.15, -0.1) is 0 Å². The zero-order valence-corrected chi connectivity index (χ0v) is 17.2. The fourth-order valence-corrected chi connectivity index (χ4v) is 4.41. The number of fused-ring (bicyclic) bond motifs is 3. The number of nitriles is 1. The molecule has 6 heteroatoms. The van der Waals surface area contributed by atoms with E-state index in [9.17, 15) is 15.2 Å². The smallest absolute Gasteiger partial charge is 0.193 e. The molecule has 2 aliphatic carbocycles. The average molecular weight is 405 g/mol. The van der Waals surface area contributed by atoms with Crippen LogP contribution in [0.4, 0.5) is 0 Å². The lowest BCUT2D eigenvalue weighted by molar-refractivity contribution is 0.0532. The van der Waals surface area contributed by atoms with Crippen molar-refractivity contribution in [3.05, 3.63) is 63.7 Å². The number of hydrogen-bond acceptors (Lipinski definition) is 6. The summed E-state index contributed by atoms with van der Waals surface area (Å²) in [7, 11) is 1.60. The molecule has 4 rings (SSSR count). The molecule has 0 bridgehead atoms. The third-order valence-electron chi connectivity index (χ3n) is 6.06. The van der Waals surface area contributed by atoms with Crippen molar-refractivity contribution in [2.75, 3.05) is 20.3 Å². The third-order valence-corrected chi connectivity index (χ3v) is 6.06. The topological polar surface area (TPSA) is 99.8 Å². The van der Waals surface area contributed by atoms with Crippen molar-refractivity contribution in [2.45, 2.75) is 31.8 Å². The maximum absolute atomic E-state index is 13.4. The van der Waals surface area contributed by atoms with E-state index < -0.39 is 18.1 Å². The first-order valence-corrected chi connectivity index (χ1v) is 9.78. The van der Waals surface area contributed by atoms with E-state index in [1.54, 1.807) is 31.4 Å². The molecule has 2 N–H and O–H groups in total. The van der Waals surface area contributed by atoms with Gasteiger partial charge in [0.1, 0.15) is 30.3 Å². The van der Waals surface area contributed by atoms with Crippen LogP contribution in [0.2, 0.25) is 0 Å². The van der Waals surface area contributed by atoms with Crippen LogP contribution in [0.15, 0.2) is 35.9 Å². The van der Waals surface area contributed by atoms with Crippen LogP contribution in [0, 0.1) is 11.3 Å². The van der Waals surface area contributed by atoms with Gasteiger partial charge in [-0.05, 0) is 47.4 Å². The van der Waals surface area contributed by atoms with E-state index in [1.807, 2.05) is 6.07 Å². The van der Waals surface area contributed by atoms with Gasteiger partial charge in [-0.25, -0.2) is 0 Å². The molecule has 0 aromatic heterocycles. The van der Waals surface area contributed by atoms with E-state index in [4.69, 9.17) is 14.6 Å². The molecule has 0 saturated heterocycles. The number of Topliss-reactive ketones (excluding diaryl/α,β-unsaturated/α-hetero) is 1. The molecule has 0 radical (unpaired) electrons. The number of carbonyl (C=O) groups is 1. The minimum Gasteiger partial charge on any atom is -0.497 e. The Labute approximate surface area is 175 Å². The van der Waals surface area contributed by atoms with E-state index in [0.29, 0.717) is 34.6 Å². The summed E-state index contributed by atoms with van der Waals surface area (Å²) in [6, 6.07) is 11.1. The molecule has 0 fully saturated rings. The zero-order valence-electron chi connectivity index (χ0n) is 17.2. The van der Waals surface area contributed by atoms with Crippen molar-refractivity contribution in [1.29, 1.82) is 5.26 Å². The SMILES string of the molecule is COc1ccc2c(c1)C(C)(C)C1=C(C2=O)c2ccc(C#N)c(OC[C@@H](O)CO)c2C1. The molecule has 0 amide bonds. The highest BCUT2D eigenvalue weighted by molar-refractivity contribution is 6.33. The number of allylic oxidation sites excluding steroid dienone is 2. The zero-order chi connectivity index (χ0) is 21.6. The van der Waals surface area contributed by atoms with E-state index in [2.05, 4.69) is 19.9 Å². The van der Waals surface area contributed by atoms with Crippen LogP contribution in [-0.2, 0) is 11.8 Å². The van der Waals surface area contributed by atoms with Gasteiger partial charge in [-0.3, -0.25) is 4.79 Å². The highest BCUT2D eigenvalue weighted by atomic mass is 16.5. The minimum atomic E-state index is -1.05. The molecule has 1 atom stereocenters. The Bertz CT molecular complexity index is 1120. The first-order chi connectivity index (χ1) is 14.3. The lowest BCUT2D eigenvalue weighted by Gasteiger charge is -2.34. The number of aliphatic hydroxyl groups is 2. The Balaban J connectivity index is 1.84. The third kappa shape index (κ3) is 2.90. The van der Waals surface area contributed by atoms with Crippen molar-refractivity contribution in [2.24, 2.45) is 0 Å². The number of nitrogens with zero attached hydrogens (tertiary/aromatic N) is 1. The molecule has 2 aromatic carbocycles. The Kier molecular flexibility index (Phi) is 4.89. The van der Waals surface area contributed by atoms with Crippen molar-refractivity contribution in [3.63, 3.8) is 0 Å². The van der Waals surface area contributed by atoms with Gasteiger partial charge >= 0.3 is 0 Å². The predicted octanol–water partition coefficient (Wildman–Crippen LogP) is 2.78. The summed E-state index contributed by atoms with van der Waals surface area (Å²) >= 11 is 0. The average Bonchev–Trinajstić information content (AvgIpc) is 3.16. The van der Waals surface area contributed by atoms with E-state index in [-0.39, 0.29) is 12.4 Å². The summed E-state index contributed by atoms with van der Waals surface area (Å²) in [5, 5.41) is 28.3. The van der Waals surface area contributed by atoms with Gasteiger partial charge in [0.15, 0.2) is 5.78 Å². The Morgan fingerprint density at radius 2 is 1.97 bits per heavy atom. The van der Waals surface area contributed by atoms with Crippen LogP contribution in [0.3, 0.4) is 0 Å². The summed E-state index contributed by atoms with van der Waals surface area (Å²) in [5.41, 5.74) is 4.65. The highest BCUT2D eigenvalue weighted by Gasteiger charge is 2.44. The summed E-state index contributed by atoms with van der Waals surface area (Å²) < 4.78 is 11.1. The summed E-state index contributed by atoms with van der Waals surface area (Å²) in [6.07, 6.45) is -0.577. The van der Waals surface area contributed by atoms with E-state index >= 15 is 0 Å². The largest absolute Gasteiger partial charge is 0.497 e. The number of ketones is 1. The second-order valence-electron chi connectivity index (χ2n) is 8.12. The van der Waals surface area contributed by atoms with Crippen molar-refractivity contribution < 1.29 is 24.5 Å². The van der Waals surface area contributed by atoms with Crippen molar-refractivity contribution in [3.8, 4) is 17.6 Å². The number of benzene rings is 2. The summed E-state index contributed by atoms with van der Waals surface area (Å²) in [4.78, 5) is 13.4. The van der Waals surface area contributed by atoms with Crippen LogP contribution >= 0.6 is 0 Å². The van der Waals surface area contributed by atoms with Gasteiger partial charge in [-0.2, -0.15) is 5.26 Å². The molecule has 30 heavy (non-hydrogen) atoms. The molecule has 0 heterocycles. The molecule has 0 spiro atoms. The van der Waals surface area contributed by atoms with Crippen LogP contribution in [0.1, 0.15) is 46.5 Å². The standard InChI is InChI=1S/C24H23NO5/c1-24(2)19-8-15(29-3)5-7-17(19)22(28)21-16-6-4-13(10-25)23(18(16)9-20(21)24)30-12-14(27)11-26/h4-8,14,26-27H,9,11-12H2,1-3H3/t14-/m0/s1. The van der Waals surface area contributed by atoms with E-state index in [0.717, 1.165) is 22.3 Å². The quantitative estimate of drug-likeness (QED) is 0.794. The number of rotatable bonds is 5. The van der Waals surface area contributed by atoms with Crippen LogP contribution in [0.5, 0.6) is 11.5 Å². The summed E-state index contributed by atoms with van der Waals surface area (Å²) in [5.74, 6) is 1.01. The number of carbonyl (C=O) groups excluding carboxylic acids is 1. The number of aliphatic hydroxyl groups excluding tert-OH is 2. The molecular formula is C24H23NO5.